The lowest BCUT2D eigenvalue weighted by Gasteiger charge is -2.02. The van der Waals surface area contributed by atoms with Crippen molar-refractivity contribution in [2.75, 3.05) is 12.4 Å². The van der Waals surface area contributed by atoms with Crippen LogP contribution in [0, 0.1) is 0 Å². The molecule has 0 saturated carbocycles. The van der Waals surface area contributed by atoms with Crippen LogP contribution in [0.3, 0.4) is 0 Å². The van der Waals surface area contributed by atoms with Gasteiger partial charge in [-0.15, -0.1) is 0 Å². The van der Waals surface area contributed by atoms with Crippen LogP contribution in [0.4, 0.5) is 5.69 Å². The van der Waals surface area contributed by atoms with Gasteiger partial charge in [-0.05, 0) is 17.7 Å². The Bertz CT molecular complexity index is 417. The van der Waals surface area contributed by atoms with Gasteiger partial charge in [-0.2, -0.15) is 0 Å². The number of aromatic amines is 1. The molecule has 1 aromatic carbocycles. The Hall–Kier alpha value is -1.41. The van der Waals surface area contributed by atoms with Crippen LogP contribution in [-0.4, -0.2) is 12.0 Å². The fourth-order valence-corrected chi connectivity index (χ4v) is 1.56. The summed E-state index contributed by atoms with van der Waals surface area (Å²) in [4.78, 5) is 3.07. The molecule has 0 amide bonds. The first-order valence-electron chi connectivity index (χ1n) is 4.42. The molecule has 3 heteroatoms. The summed E-state index contributed by atoms with van der Waals surface area (Å²) in [5, 5.41) is 3.88. The molecule has 0 spiro atoms. The molecule has 2 aromatic rings. The fourth-order valence-electron chi connectivity index (χ4n) is 1.44. The Morgan fingerprint density at radius 2 is 1.86 bits per heavy atom. The molecule has 2 nitrogen and oxygen atoms in total. The van der Waals surface area contributed by atoms with E-state index in [0.29, 0.717) is 0 Å². The second-order valence-corrected chi connectivity index (χ2v) is 3.48. The van der Waals surface area contributed by atoms with Gasteiger partial charge in [-0.1, -0.05) is 23.7 Å². The molecule has 0 aliphatic carbocycles. The summed E-state index contributed by atoms with van der Waals surface area (Å²) in [5.41, 5.74) is 3.40. The van der Waals surface area contributed by atoms with Crippen molar-refractivity contribution in [1.29, 1.82) is 0 Å². The number of hydrogen-bond acceptors (Lipinski definition) is 1. The minimum atomic E-state index is 0.760. The SMILES string of the molecule is CNc1c[nH]cc1-c1ccc(Cl)cc1. The van der Waals surface area contributed by atoms with Gasteiger partial charge >= 0.3 is 0 Å². The van der Waals surface area contributed by atoms with E-state index in [-0.39, 0.29) is 0 Å². The zero-order chi connectivity index (χ0) is 9.97. The van der Waals surface area contributed by atoms with E-state index in [1.54, 1.807) is 0 Å². The van der Waals surface area contributed by atoms with Crippen molar-refractivity contribution in [3.8, 4) is 11.1 Å². The number of rotatable bonds is 2. The third-order valence-corrected chi connectivity index (χ3v) is 2.42. The Kier molecular flexibility index (Phi) is 2.46. The van der Waals surface area contributed by atoms with Gasteiger partial charge in [0, 0.05) is 30.0 Å². The first-order chi connectivity index (χ1) is 6.81. The van der Waals surface area contributed by atoms with Crippen LogP contribution < -0.4 is 5.32 Å². The molecule has 0 aliphatic rings. The Balaban J connectivity index is 2.44. The molecule has 72 valence electrons. The molecule has 0 atom stereocenters. The molecule has 1 aromatic heterocycles. The van der Waals surface area contributed by atoms with Crippen molar-refractivity contribution in [1.82, 2.24) is 4.98 Å². The molecule has 0 aliphatic heterocycles. The first-order valence-corrected chi connectivity index (χ1v) is 4.79. The van der Waals surface area contributed by atoms with Gasteiger partial charge < -0.3 is 10.3 Å². The first kappa shape index (κ1) is 9.16. The van der Waals surface area contributed by atoms with Gasteiger partial charge in [0.1, 0.15) is 0 Å². The van der Waals surface area contributed by atoms with Crippen LogP contribution in [0.25, 0.3) is 11.1 Å². The maximum absolute atomic E-state index is 5.82. The summed E-state index contributed by atoms with van der Waals surface area (Å²) >= 11 is 5.82. The summed E-state index contributed by atoms with van der Waals surface area (Å²) in [7, 11) is 1.91. The lowest BCUT2D eigenvalue weighted by molar-refractivity contribution is 1.40. The van der Waals surface area contributed by atoms with Crippen LogP contribution >= 0.6 is 11.6 Å². The summed E-state index contributed by atoms with van der Waals surface area (Å²) in [6.45, 7) is 0. The zero-order valence-electron chi connectivity index (χ0n) is 7.84. The van der Waals surface area contributed by atoms with Gasteiger partial charge in [-0.25, -0.2) is 0 Å². The second kappa shape index (κ2) is 3.76. The van der Waals surface area contributed by atoms with E-state index in [0.717, 1.165) is 21.8 Å². The maximum Gasteiger partial charge on any atom is 0.0594 e. The highest BCUT2D eigenvalue weighted by atomic mass is 35.5. The number of halogens is 1. The smallest absolute Gasteiger partial charge is 0.0594 e. The van der Waals surface area contributed by atoms with Gasteiger partial charge in [-0.3, -0.25) is 0 Å². The highest BCUT2D eigenvalue weighted by Gasteiger charge is 2.03. The second-order valence-electron chi connectivity index (χ2n) is 3.04. The van der Waals surface area contributed by atoms with Crippen molar-refractivity contribution < 1.29 is 0 Å². The van der Waals surface area contributed by atoms with Crippen molar-refractivity contribution in [2.24, 2.45) is 0 Å². The van der Waals surface area contributed by atoms with Gasteiger partial charge in [0.15, 0.2) is 0 Å². The predicted octanol–water partition coefficient (Wildman–Crippen LogP) is 3.38. The van der Waals surface area contributed by atoms with E-state index in [1.807, 2.05) is 43.7 Å². The van der Waals surface area contributed by atoms with E-state index >= 15 is 0 Å². The minimum absolute atomic E-state index is 0.760. The van der Waals surface area contributed by atoms with Crippen molar-refractivity contribution in [2.45, 2.75) is 0 Å². The fraction of sp³-hybridized carbons (Fsp3) is 0.0909. The molecule has 0 unspecified atom stereocenters. The molecule has 0 fully saturated rings. The molecule has 1 heterocycles. The number of anilines is 1. The normalized spacial score (nSPS) is 10.1. The number of benzene rings is 1. The summed E-state index contributed by atoms with van der Waals surface area (Å²) in [5.74, 6) is 0. The van der Waals surface area contributed by atoms with Gasteiger partial charge in [0.25, 0.3) is 0 Å². The van der Waals surface area contributed by atoms with Crippen LogP contribution in [0.15, 0.2) is 36.7 Å². The molecule has 0 bridgehead atoms. The topological polar surface area (TPSA) is 27.8 Å². The van der Waals surface area contributed by atoms with Crippen LogP contribution in [0.2, 0.25) is 5.02 Å². The molecular weight excluding hydrogens is 196 g/mol. The Morgan fingerprint density at radius 3 is 2.50 bits per heavy atom. The molecule has 2 rings (SSSR count). The number of hydrogen-bond donors (Lipinski definition) is 2. The van der Waals surface area contributed by atoms with Crippen molar-refractivity contribution >= 4 is 17.3 Å². The van der Waals surface area contributed by atoms with E-state index in [9.17, 15) is 0 Å². The average molecular weight is 207 g/mol. The molecule has 0 radical (unpaired) electrons. The lowest BCUT2D eigenvalue weighted by Crippen LogP contribution is -1.87. The molecule has 14 heavy (non-hydrogen) atoms. The number of H-pyrrole nitrogens is 1. The van der Waals surface area contributed by atoms with Crippen LogP contribution in [-0.2, 0) is 0 Å². The van der Waals surface area contributed by atoms with Gasteiger partial charge in [0.05, 0.1) is 5.69 Å². The Labute approximate surface area is 87.9 Å². The monoisotopic (exact) mass is 206 g/mol. The predicted molar refractivity (Wildman–Crippen MR) is 60.8 cm³/mol. The van der Waals surface area contributed by atoms with E-state index < -0.39 is 0 Å². The van der Waals surface area contributed by atoms with Crippen LogP contribution in [0.5, 0.6) is 0 Å². The third kappa shape index (κ3) is 1.61. The molecule has 2 N–H and O–H groups in total. The largest absolute Gasteiger partial charge is 0.386 e. The quantitative estimate of drug-likeness (QED) is 0.775. The van der Waals surface area contributed by atoms with E-state index in [2.05, 4.69) is 10.3 Å². The molecular formula is C11H11ClN2. The summed E-state index contributed by atoms with van der Waals surface area (Å²) in [6.07, 6.45) is 3.90. The zero-order valence-corrected chi connectivity index (χ0v) is 8.60. The lowest BCUT2D eigenvalue weighted by atomic mass is 10.1. The highest BCUT2D eigenvalue weighted by Crippen LogP contribution is 2.28. The standard InChI is InChI=1S/C11H11ClN2/c1-13-11-7-14-6-10(11)8-2-4-9(12)5-3-8/h2-7,13-14H,1H3. The van der Waals surface area contributed by atoms with Crippen LogP contribution in [0.1, 0.15) is 0 Å². The van der Waals surface area contributed by atoms with E-state index in [1.165, 1.54) is 0 Å². The maximum atomic E-state index is 5.82. The summed E-state index contributed by atoms with van der Waals surface area (Å²) in [6, 6.07) is 7.80. The third-order valence-electron chi connectivity index (χ3n) is 2.17. The van der Waals surface area contributed by atoms with E-state index in [4.69, 9.17) is 11.6 Å². The minimum Gasteiger partial charge on any atom is -0.386 e. The summed E-state index contributed by atoms with van der Waals surface area (Å²) < 4.78 is 0. The molecule has 0 saturated heterocycles. The highest BCUT2D eigenvalue weighted by molar-refractivity contribution is 6.30. The number of aromatic nitrogens is 1. The van der Waals surface area contributed by atoms with Crippen molar-refractivity contribution in [3.63, 3.8) is 0 Å². The van der Waals surface area contributed by atoms with Crippen molar-refractivity contribution in [3.05, 3.63) is 41.7 Å². The Morgan fingerprint density at radius 1 is 1.14 bits per heavy atom. The number of nitrogens with one attached hydrogen (secondary N) is 2. The van der Waals surface area contributed by atoms with Gasteiger partial charge in [0.2, 0.25) is 0 Å². The average Bonchev–Trinajstić information content (AvgIpc) is 2.67.